The van der Waals surface area contributed by atoms with Gasteiger partial charge < -0.3 is 15.8 Å². The van der Waals surface area contributed by atoms with Crippen LogP contribution in [0.3, 0.4) is 0 Å². The summed E-state index contributed by atoms with van der Waals surface area (Å²) in [5, 5.41) is 2.82. The quantitative estimate of drug-likeness (QED) is 0.619. The predicted octanol–water partition coefficient (Wildman–Crippen LogP) is 1.34. The summed E-state index contributed by atoms with van der Waals surface area (Å²) < 4.78 is 4.94. The van der Waals surface area contributed by atoms with E-state index in [1.807, 2.05) is 6.92 Å². The van der Waals surface area contributed by atoms with Crippen LogP contribution >= 0.6 is 0 Å². The molecule has 5 heteroatoms. The first kappa shape index (κ1) is 13.4. The van der Waals surface area contributed by atoms with Crippen LogP contribution in [0.4, 0.5) is 5.69 Å². The van der Waals surface area contributed by atoms with Crippen molar-refractivity contribution in [1.82, 2.24) is 5.32 Å². The van der Waals surface area contributed by atoms with Crippen LogP contribution in [0.15, 0.2) is 24.3 Å². The molecule has 1 aliphatic carbocycles. The highest BCUT2D eigenvalue weighted by Gasteiger charge is 2.28. The number of amides is 1. The van der Waals surface area contributed by atoms with Crippen LogP contribution in [0.5, 0.6) is 0 Å². The number of nitrogens with two attached hydrogens (primary N) is 1. The summed E-state index contributed by atoms with van der Waals surface area (Å²) in [5.41, 5.74) is 6.48. The maximum Gasteiger partial charge on any atom is 0.338 e. The molecule has 102 valence electrons. The van der Waals surface area contributed by atoms with Crippen molar-refractivity contribution in [2.24, 2.45) is 5.92 Å². The van der Waals surface area contributed by atoms with Gasteiger partial charge in [0.2, 0.25) is 0 Å². The van der Waals surface area contributed by atoms with Crippen LogP contribution in [0.1, 0.15) is 30.1 Å². The van der Waals surface area contributed by atoms with Gasteiger partial charge in [0.15, 0.2) is 6.61 Å². The lowest BCUT2D eigenvalue weighted by atomic mass is 10.2. The molecule has 19 heavy (non-hydrogen) atoms. The second-order valence-corrected chi connectivity index (χ2v) is 4.89. The second kappa shape index (κ2) is 5.73. The van der Waals surface area contributed by atoms with E-state index in [2.05, 4.69) is 5.32 Å². The SMILES string of the molecule is C[C@@H](NC(=O)COC(=O)c1ccc(N)cc1)C1CC1. The fourth-order valence-corrected chi connectivity index (χ4v) is 1.84. The summed E-state index contributed by atoms with van der Waals surface area (Å²) in [6, 6.07) is 6.53. The number of rotatable bonds is 5. The summed E-state index contributed by atoms with van der Waals surface area (Å²) in [6.07, 6.45) is 2.32. The zero-order valence-corrected chi connectivity index (χ0v) is 10.9. The Morgan fingerprint density at radius 3 is 2.58 bits per heavy atom. The van der Waals surface area contributed by atoms with E-state index in [0.717, 1.165) is 12.8 Å². The van der Waals surface area contributed by atoms with Gasteiger partial charge in [-0.2, -0.15) is 0 Å². The normalized spacial score (nSPS) is 15.6. The van der Waals surface area contributed by atoms with E-state index < -0.39 is 5.97 Å². The molecule has 1 atom stereocenters. The monoisotopic (exact) mass is 262 g/mol. The van der Waals surface area contributed by atoms with E-state index in [1.165, 1.54) is 0 Å². The lowest BCUT2D eigenvalue weighted by Gasteiger charge is -2.12. The summed E-state index contributed by atoms with van der Waals surface area (Å²) in [4.78, 5) is 23.2. The third-order valence-electron chi connectivity index (χ3n) is 3.20. The highest BCUT2D eigenvalue weighted by molar-refractivity contribution is 5.91. The number of nitrogens with one attached hydrogen (secondary N) is 1. The third kappa shape index (κ3) is 3.98. The van der Waals surface area contributed by atoms with E-state index >= 15 is 0 Å². The second-order valence-electron chi connectivity index (χ2n) is 4.89. The summed E-state index contributed by atoms with van der Waals surface area (Å²) in [7, 11) is 0. The van der Waals surface area contributed by atoms with Crippen molar-refractivity contribution >= 4 is 17.6 Å². The van der Waals surface area contributed by atoms with Gasteiger partial charge in [-0.3, -0.25) is 4.79 Å². The van der Waals surface area contributed by atoms with Crippen molar-refractivity contribution in [2.45, 2.75) is 25.8 Å². The topological polar surface area (TPSA) is 81.4 Å². The molecule has 1 amide bonds. The van der Waals surface area contributed by atoms with Crippen LogP contribution in [0.25, 0.3) is 0 Å². The Hall–Kier alpha value is -2.04. The molecule has 0 unspecified atom stereocenters. The van der Waals surface area contributed by atoms with Gasteiger partial charge in [0.05, 0.1) is 5.56 Å². The van der Waals surface area contributed by atoms with E-state index in [-0.39, 0.29) is 18.6 Å². The average molecular weight is 262 g/mol. The third-order valence-corrected chi connectivity index (χ3v) is 3.20. The van der Waals surface area contributed by atoms with E-state index in [4.69, 9.17) is 10.5 Å². The standard InChI is InChI=1S/C14H18N2O3/c1-9(10-2-3-10)16-13(17)8-19-14(18)11-4-6-12(15)7-5-11/h4-7,9-10H,2-3,8,15H2,1H3,(H,16,17)/t9-/m1/s1. The molecule has 0 aliphatic heterocycles. The number of ether oxygens (including phenoxy) is 1. The predicted molar refractivity (Wildman–Crippen MR) is 71.5 cm³/mol. The molecular weight excluding hydrogens is 244 g/mol. The molecular formula is C14H18N2O3. The molecule has 0 spiro atoms. The van der Waals surface area contributed by atoms with Gasteiger partial charge in [0.25, 0.3) is 5.91 Å². The van der Waals surface area contributed by atoms with Gasteiger partial charge in [-0.1, -0.05) is 0 Å². The van der Waals surface area contributed by atoms with Crippen LogP contribution in [0.2, 0.25) is 0 Å². The lowest BCUT2D eigenvalue weighted by molar-refractivity contribution is -0.124. The molecule has 1 saturated carbocycles. The Morgan fingerprint density at radius 2 is 2.00 bits per heavy atom. The number of carbonyl (C=O) groups is 2. The fraction of sp³-hybridized carbons (Fsp3) is 0.429. The molecule has 1 aromatic rings. The van der Waals surface area contributed by atoms with Gasteiger partial charge in [-0.05, 0) is 49.9 Å². The highest BCUT2D eigenvalue weighted by atomic mass is 16.5. The fourth-order valence-electron chi connectivity index (χ4n) is 1.84. The number of anilines is 1. The number of nitrogen functional groups attached to an aromatic ring is 1. The smallest absolute Gasteiger partial charge is 0.338 e. The van der Waals surface area contributed by atoms with Crippen molar-refractivity contribution in [3.05, 3.63) is 29.8 Å². The van der Waals surface area contributed by atoms with Gasteiger partial charge in [0.1, 0.15) is 0 Å². The molecule has 2 rings (SSSR count). The minimum absolute atomic E-state index is 0.155. The largest absolute Gasteiger partial charge is 0.452 e. The van der Waals surface area contributed by atoms with E-state index in [9.17, 15) is 9.59 Å². The van der Waals surface area contributed by atoms with Crippen molar-refractivity contribution < 1.29 is 14.3 Å². The van der Waals surface area contributed by atoms with E-state index in [1.54, 1.807) is 24.3 Å². The zero-order chi connectivity index (χ0) is 13.8. The molecule has 1 fully saturated rings. The zero-order valence-electron chi connectivity index (χ0n) is 10.9. The summed E-state index contributed by atoms with van der Waals surface area (Å²) >= 11 is 0. The Morgan fingerprint density at radius 1 is 1.37 bits per heavy atom. The molecule has 0 heterocycles. The number of hydrogen-bond donors (Lipinski definition) is 2. The minimum atomic E-state index is -0.519. The molecule has 0 saturated heterocycles. The molecule has 1 aliphatic rings. The maximum atomic E-state index is 11.6. The minimum Gasteiger partial charge on any atom is -0.452 e. The summed E-state index contributed by atoms with van der Waals surface area (Å²) in [5.74, 6) is -0.200. The van der Waals surface area contributed by atoms with Gasteiger partial charge >= 0.3 is 5.97 Å². The van der Waals surface area contributed by atoms with Gasteiger partial charge in [0, 0.05) is 11.7 Å². The summed E-state index contributed by atoms with van der Waals surface area (Å²) in [6.45, 7) is 1.72. The Bertz CT molecular complexity index is 466. The Labute approximate surface area is 112 Å². The number of hydrogen-bond acceptors (Lipinski definition) is 4. The van der Waals surface area contributed by atoms with Crippen LogP contribution in [-0.2, 0) is 9.53 Å². The van der Waals surface area contributed by atoms with Crippen molar-refractivity contribution in [2.75, 3.05) is 12.3 Å². The van der Waals surface area contributed by atoms with Crippen LogP contribution in [0, 0.1) is 5.92 Å². The maximum absolute atomic E-state index is 11.6. The Balaban J connectivity index is 1.76. The first-order valence-corrected chi connectivity index (χ1v) is 6.38. The number of benzene rings is 1. The lowest BCUT2D eigenvalue weighted by Crippen LogP contribution is -2.37. The van der Waals surface area contributed by atoms with Crippen LogP contribution in [-0.4, -0.2) is 24.5 Å². The van der Waals surface area contributed by atoms with Crippen molar-refractivity contribution in [3.8, 4) is 0 Å². The molecule has 3 N–H and O–H groups in total. The van der Waals surface area contributed by atoms with Crippen LogP contribution < -0.4 is 11.1 Å². The highest BCUT2D eigenvalue weighted by Crippen LogP contribution is 2.32. The average Bonchev–Trinajstić information content (AvgIpc) is 3.21. The van der Waals surface area contributed by atoms with Gasteiger partial charge in [-0.25, -0.2) is 4.79 Å². The van der Waals surface area contributed by atoms with Crippen molar-refractivity contribution in [3.63, 3.8) is 0 Å². The van der Waals surface area contributed by atoms with Gasteiger partial charge in [-0.15, -0.1) is 0 Å². The van der Waals surface area contributed by atoms with Crippen molar-refractivity contribution in [1.29, 1.82) is 0 Å². The molecule has 1 aromatic carbocycles. The molecule has 0 aromatic heterocycles. The Kier molecular flexibility index (Phi) is 4.04. The first-order valence-electron chi connectivity index (χ1n) is 6.38. The number of esters is 1. The van der Waals surface area contributed by atoms with E-state index in [0.29, 0.717) is 17.2 Å². The molecule has 0 bridgehead atoms. The number of carbonyl (C=O) groups excluding carboxylic acids is 2. The molecule has 5 nitrogen and oxygen atoms in total. The first-order chi connectivity index (χ1) is 9.06. The molecule has 0 radical (unpaired) electrons.